The fourth-order valence-corrected chi connectivity index (χ4v) is 1.31. The first-order valence-electron chi connectivity index (χ1n) is 5.25. The fourth-order valence-electron chi connectivity index (χ4n) is 1.31. The van der Waals surface area contributed by atoms with Crippen LogP contribution >= 0.6 is 0 Å². The van der Waals surface area contributed by atoms with Crippen LogP contribution in [0, 0.1) is 0 Å². The Kier molecular flexibility index (Phi) is 3.30. The minimum atomic E-state index is -4.68. The number of hydrogen-bond donors (Lipinski definition) is 2. The third-order valence-electron chi connectivity index (χ3n) is 2.35. The maximum absolute atomic E-state index is 12.3. The number of amides is 1. The molecule has 0 radical (unpaired) electrons. The van der Waals surface area contributed by atoms with Gasteiger partial charge in [0.05, 0.1) is 0 Å². The van der Waals surface area contributed by atoms with E-state index in [0.29, 0.717) is 0 Å². The number of carbonyl (C=O) groups excluding carboxylic acids is 1. The maximum Gasteiger partial charge on any atom is 0.451 e. The monoisotopic (exact) mass is 287 g/mol. The van der Waals surface area contributed by atoms with E-state index in [1.54, 1.807) is 5.10 Å². The van der Waals surface area contributed by atoms with Crippen LogP contribution in [0.25, 0.3) is 0 Å². The van der Waals surface area contributed by atoms with E-state index in [0.717, 1.165) is 6.07 Å². The first kappa shape index (κ1) is 13.8. The Hall–Kier alpha value is -2.65. The number of carbonyl (C=O) groups is 1. The second-order valence-electron chi connectivity index (χ2n) is 3.82. The van der Waals surface area contributed by atoms with Crippen molar-refractivity contribution in [3.63, 3.8) is 0 Å². The number of aromatic nitrogens is 4. The Morgan fingerprint density at radius 2 is 2.15 bits per heavy atom. The lowest BCUT2D eigenvalue weighted by atomic mass is 10.2. The van der Waals surface area contributed by atoms with Crippen LogP contribution in [0.2, 0.25) is 0 Å². The minimum Gasteiger partial charge on any atom is -0.319 e. The van der Waals surface area contributed by atoms with Crippen LogP contribution < -0.4 is 10.9 Å². The van der Waals surface area contributed by atoms with E-state index in [-0.39, 0.29) is 5.56 Å². The van der Waals surface area contributed by atoms with Crippen LogP contribution in [0.4, 0.5) is 19.1 Å². The SMILES string of the molecule is Cn1ccc(C(=O)Nc2n[nH]c(C(F)(F)F)n2)cc1=O. The van der Waals surface area contributed by atoms with E-state index in [9.17, 15) is 22.8 Å². The molecule has 0 aliphatic carbocycles. The molecular weight excluding hydrogens is 279 g/mol. The van der Waals surface area contributed by atoms with Gasteiger partial charge in [-0.3, -0.25) is 20.0 Å². The molecule has 7 nitrogen and oxygen atoms in total. The van der Waals surface area contributed by atoms with Crippen LogP contribution in [0.15, 0.2) is 23.1 Å². The number of aryl methyl sites for hydroxylation is 1. The molecule has 2 N–H and O–H groups in total. The summed E-state index contributed by atoms with van der Waals surface area (Å²) in [6.45, 7) is 0. The highest BCUT2D eigenvalue weighted by Crippen LogP contribution is 2.26. The zero-order valence-electron chi connectivity index (χ0n) is 10.0. The largest absolute Gasteiger partial charge is 0.451 e. The molecule has 0 saturated carbocycles. The molecule has 0 saturated heterocycles. The standard InChI is InChI=1S/C10H8F3N5O2/c1-18-3-2-5(4-6(18)19)7(20)14-9-15-8(16-17-9)10(11,12)13/h2-4H,1H3,(H2,14,15,16,17,20). The van der Waals surface area contributed by atoms with E-state index in [2.05, 4.69) is 15.4 Å². The van der Waals surface area contributed by atoms with Crippen molar-refractivity contribution < 1.29 is 18.0 Å². The molecular formula is C10H8F3N5O2. The minimum absolute atomic E-state index is 0.00791. The predicted molar refractivity (Wildman–Crippen MR) is 61.0 cm³/mol. The molecule has 106 valence electrons. The number of hydrogen-bond acceptors (Lipinski definition) is 4. The Balaban J connectivity index is 2.17. The average molecular weight is 287 g/mol. The lowest BCUT2D eigenvalue weighted by molar-refractivity contribution is -0.144. The van der Waals surface area contributed by atoms with Gasteiger partial charge in [0.2, 0.25) is 11.8 Å². The summed E-state index contributed by atoms with van der Waals surface area (Å²) in [7, 11) is 1.49. The second kappa shape index (κ2) is 4.79. The summed E-state index contributed by atoms with van der Waals surface area (Å²) in [5, 5.41) is 6.93. The number of anilines is 1. The van der Waals surface area contributed by atoms with Crippen LogP contribution in [-0.4, -0.2) is 25.7 Å². The van der Waals surface area contributed by atoms with Crippen molar-refractivity contribution in [2.45, 2.75) is 6.18 Å². The van der Waals surface area contributed by atoms with Gasteiger partial charge in [-0.15, -0.1) is 5.10 Å². The molecule has 2 aromatic rings. The number of alkyl halides is 3. The molecule has 2 aromatic heterocycles. The predicted octanol–water partition coefficient (Wildman–Crippen LogP) is 0.774. The van der Waals surface area contributed by atoms with Crippen molar-refractivity contribution in [1.82, 2.24) is 19.7 Å². The Morgan fingerprint density at radius 3 is 2.70 bits per heavy atom. The number of rotatable bonds is 2. The van der Waals surface area contributed by atoms with Gasteiger partial charge < -0.3 is 4.57 Å². The summed E-state index contributed by atoms with van der Waals surface area (Å²) in [6, 6.07) is 2.39. The highest BCUT2D eigenvalue weighted by molar-refractivity contribution is 6.03. The molecule has 0 fully saturated rings. The highest BCUT2D eigenvalue weighted by Gasteiger charge is 2.35. The van der Waals surface area contributed by atoms with Crippen molar-refractivity contribution in [3.8, 4) is 0 Å². The molecule has 0 bridgehead atoms. The molecule has 0 aliphatic heterocycles. The van der Waals surface area contributed by atoms with Gasteiger partial charge in [0.1, 0.15) is 0 Å². The molecule has 0 spiro atoms. The zero-order chi connectivity index (χ0) is 14.9. The van der Waals surface area contributed by atoms with Crippen LogP contribution in [0.1, 0.15) is 16.2 Å². The van der Waals surface area contributed by atoms with Crippen molar-refractivity contribution >= 4 is 11.9 Å². The normalized spacial score (nSPS) is 11.4. The smallest absolute Gasteiger partial charge is 0.319 e. The molecule has 2 rings (SSSR count). The number of nitrogens with one attached hydrogen (secondary N) is 2. The van der Waals surface area contributed by atoms with Crippen molar-refractivity contribution in [2.75, 3.05) is 5.32 Å². The molecule has 0 unspecified atom stereocenters. The Morgan fingerprint density at radius 1 is 1.45 bits per heavy atom. The van der Waals surface area contributed by atoms with Gasteiger partial charge in [-0.2, -0.15) is 18.2 Å². The summed E-state index contributed by atoms with van der Waals surface area (Å²) in [5.41, 5.74) is -0.435. The van der Waals surface area contributed by atoms with Crippen LogP contribution in [-0.2, 0) is 13.2 Å². The summed E-state index contributed by atoms with van der Waals surface area (Å²) in [4.78, 5) is 26.1. The molecule has 20 heavy (non-hydrogen) atoms. The molecule has 0 aromatic carbocycles. The van der Waals surface area contributed by atoms with E-state index >= 15 is 0 Å². The molecule has 0 atom stereocenters. The number of H-pyrrole nitrogens is 1. The summed E-state index contributed by atoms with van der Waals surface area (Å²) in [6.07, 6.45) is -3.32. The van der Waals surface area contributed by atoms with Crippen molar-refractivity contribution in [1.29, 1.82) is 0 Å². The first-order chi connectivity index (χ1) is 9.27. The van der Waals surface area contributed by atoms with E-state index in [1.807, 2.05) is 0 Å². The molecule has 2 heterocycles. The van der Waals surface area contributed by atoms with Gasteiger partial charge >= 0.3 is 6.18 Å². The van der Waals surface area contributed by atoms with Gasteiger partial charge in [0.25, 0.3) is 11.5 Å². The van der Waals surface area contributed by atoms with Gasteiger partial charge in [0, 0.05) is 24.9 Å². The van der Waals surface area contributed by atoms with Crippen LogP contribution in [0.5, 0.6) is 0 Å². The second-order valence-corrected chi connectivity index (χ2v) is 3.82. The number of halogens is 3. The molecule has 1 amide bonds. The quantitative estimate of drug-likeness (QED) is 0.853. The number of nitrogens with zero attached hydrogens (tertiary/aromatic N) is 3. The van der Waals surface area contributed by atoms with Gasteiger partial charge in [0.15, 0.2) is 0 Å². The van der Waals surface area contributed by atoms with Crippen molar-refractivity contribution in [3.05, 3.63) is 40.1 Å². The number of pyridine rings is 1. The zero-order valence-corrected chi connectivity index (χ0v) is 10.0. The lowest BCUT2D eigenvalue weighted by Crippen LogP contribution is -2.20. The van der Waals surface area contributed by atoms with Crippen molar-refractivity contribution in [2.24, 2.45) is 7.05 Å². The third-order valence-corrected chi connectivity index (χ3v) is 2.35. The van der Waals surface area contributed by atoms with E-state index < -0.39 is 29.4 Å². The average Bonchev–Trinajstić information content (AvgIpc) is 2.81. The summed E-state index contributed by atoms with van der Waals surface area (Å²) in [5.74, 6) is -2.63. The maximum atomic E-state index is 12.3. The summed E-state index contributed by atoms with van der Waals surface area (Å²) >= 11 is 0. The molecule has 10 heteroatoms. The van der Waals surface area contributed by atoms with E-state index in [1.165, 1.54) is 23.9 Å². The number of aromatic amines is 1. The fraction of sp³-hybridized carbons (Fsp3) is 0.200. The Labute approximate surface area is 109 Å². The molecule has 0 aliphatic rings. The summed E-state index contributed by atoms with van der Waals surface area (Å²) < 4.78 is 38.0. The third kappa shape index (κ3) is 2.84. The van der Waals surface area contributed by atoms with E-state index in [4.69, 9.17) is 0 Å². The first-order valence-corrected chi connectivity index (χ1v) is 5.25. The van der Waals surface area contributed by atoms with Gasteiger partial charge in [-0.25, -0.2) is 0 Å². The lowest BCUT2D eigenvalue weighted by Gasteiger charge is -2.02. The topological polar surface area (TPSA) is 92.7 Å². The van der Waals surface area contributed by atoms with Gasteiger partial charge in [-0.1, -0.05) is 0 Å². The van der Waals surface area contributed by atoms with Crippen LogP contribution in [0.3, 0.4) is 0 Å². The van der Waals surface area contributed by atoms with Gasteiger partial charge in [-0.05, 0) is 6.07 Å². The highest BCUT2D eigenvalue weighted by atomic mass is 19.4. The Bertz CT molecular complexity index is 703.